The van der Waals surface area contributed by atoms with Gasteiger partial charge in [-0.15, -0.1) is 0 Å². The number of sulfone groups is 1. The van der Waals surface area contributed by atoms with Crippen LogP contribution in [0.15, 0.2) is 0 Å². The molecule has 1 fully saturated rings. The van der Waals surface area contributed by atoms with Gasteiger partial charge < -0.3 is 10.4 Å². The van der Waals surface area contributed by atoms with E-state index in [-0.39, 0.29) is 23.7 Å². The van der Waals surface area contributed by atoms with Crippen LogP contribution < -0.4 is 5.32 Å². The molecular weight excluding hydrogens is 202 g/mol. The minimum atomic E-state index is -2.89. The van der Waals surface area contributed by atoms with Crippen molar-refractivity contribution >= 4 is 9.84 Å². The molecule has 2 N–H and O–H groups in total. The number of hydrogen-bond acceptors (Lipinski definition) is 4. The molecule has 0 heterocycles. The maximum atomic E-state index is 11.3. The minimum Gasteiger partial charge on any atom is -0.393 e. The maximum Gasteiger partial charge on any atom is 0.151 e. The van der Waals surface area contributed by atoms with E-state index in [4.69, 9.17) is 5.11 Å². The zero-order valence-corrected chi connectivity index (χ0v) is 9.55. The molecule has 0 aromatic heterocycles. The van der Waals surface area contributed by atoms with Crippen molar-refractivity contribution in [3.8, 4) is 0 Å². The Morgan fingerprint density at radius 2 is 2.07 bits per heavy atom. The van der Waals surface area contributed by atoms with Crippen LogP contribution in [-0.4, -0.2) is 43.2 Å². The number of aliphatic hydroxyl groups excluding tert-OH is 1. The average molecular weight is 221 g/mol. The van der Waals surface area contributed by atoms with Gasteiger partial charge in [-0.3, -0.25) is 0 Å². The van der Waals surface area contributed by atoms with E-state index in [2.05, 4.69) is 5.32 Å². The zero-order valence-electron chi connectivity index (χ0n) is 8.73. The molecule has 0 radical (unpaired) electrons. The Morgan fingerprint density at radius 3 is 2.50 bits per heavy atom. The Morgan fingerprint density at radius 1 is 1.50 bits per heavy atom. The number of aliphatic hydroxyl groups is 1. The molecule has 1 aliphatic carbocycles. The van der Waals surface area contributed by atoms with Gasteiger partial charge in [-0.1, -0.05) is 6.92 Å². The van der Waals surface area contributed by atoms with Gasteiger partial charge in [-0.2, -0.15) is 0 Å². The van der Waals surface area contributed by atoms with E-state index < -0.39 is 9.84 Å². The van der Waals surface area contributed by atoms with Crippen molar-refractivity contribution in [3.05, 3.63) is 0 Å². The van der Waals surface area contributed by atoms with Gasteiger partial charge in [0.25, 0.3) is 0 Å². The van der Waals surface area contributed by atoms with Gasteiger partial charge >= 0.3 is 0 Å². The first-order valence-electron chi connectivity index (χ1n) is 5.07. The van der Waals surface area contributed by atoms with Gasteiger partial charge in [-0.05, 0) is 19.8 Å². The lowest BCUT2D eigenvalue weighted by atomic mass is 9.89. The third-order valence-corrected chi connectivity index (χ3v) is 4.46. The number of hydrogen-bond donors (Lipinski definition) is 2. The molecule has 84 valence electrons. The summed E-state index contributed by atoms with van der Waals surface area (Å²) in [6.45, 7) is 3.53. The van der Waals surface area contributed by atoms with Gasteiger partial charge in [0.1, 0.15) is 0 Å². The maximum absolute atomic E-state index is 11.3. The first-order valence-corrected chi connectivity index (χ1v) is 6.89. The molecule has 0 spiro atoms. The zero-order chi connectivity index (χ0) is 10.8. The predicted molar refractivity (Wildman–Crippen MR) is 56.0 cm³/mol. The van der Waals surface area contributed by atoms with Crippen LogP contribution in [0.25, 0.3) is 0 Å². The number of rotatable bonds is 5. The molecule has 0 aromatic rings. The van der Waals surface area contributed by atoms with E-state index in [9.17, 15) is 8.42 Å². The Bertz CT molecular complexity index is 270. The highest BCUT2D eigenvalue weighted by molar-refractivity contribution is 7.91. The quantitative estimate of drug-likeness (QED) is 0.681. The summed E-state index contributed by atoms with van der Waals surface area (Å²) in [6, 6.07) is 0.282. The van der Waals surface area contributed by atoms with E-state index in [0.717, 1.165) is 12.8 Å². The van der Waals surface area contributed by atoms with Crippen molar-refractivity contribution in [3.63, 3.8) is 0 Å². The molecule has 1 saturated carbocycles. The molecule has 4 nitrogen and oxygen atoms in total. The molecule has 0 saturated heterocycles. The van der Waals surface area contributed by atoms with E-state index in [1.54, 1.807) is 6.92 Å². The molecule has 1 aliphatic rings. The Kier molecular flexibility index (Phi) is 3.92. The lowest BCUT2D eigenvalue weighted by Gasteiger charge is -2.34. The summed E-state index contributed by atoms with van der Waals surface area (Å²) in [5.41, 5.74) is 0. The smallest absolute Gasteiger partial charge is 0.151 e. The molecular formula is C9H19NO3S. The van der Waals surface area contributed by atoms with Crippen LogP contribution in [0.1, 0.15) is 26.7 Å². The SMILES string of the molecule is CCS(=O)(=O)CC(C)NC1CC(O)C1. The van der Waals surface area contributed by atoms with Crippen LogP contribution in [0.4, 0.5) is 0 Å². The van der Waals surface area contributed by atoms with Crippen LogP contribution >= 0.6 is 0 Å². The molecule has 0 aliphatic heterocycles. The fraction of sp³-hybridized carbons (Fsp3) is 1.00. The van der Waals surface area contributed by atoms with Gasteiger partial charge in [0, 0.05) is 17.8 Å². The fourth-order valence-corrected chi connectivity index (χ4v) is 2.77. The first-order chi connectivity index (χ1) is 6.43. The molecule has 1 unspecified atom stereocenters. The molecule has 0 amide bonds. The van der Waals surface area contributed by atoms with Gasteiger partial charge in [0.15, 0.2) is 9.84 Å². The van der Waals surface area contributed by atoms with Gasteiger partial charge in [0.05, 0.1) is 11.9 Å². The summed E-state index contributed by atoms with van der Waals surface area (Å²) in [6.07, 6.45) is 1.30. The predicted octanol–water partition coefficient (Wildman–Crippen LogP) is -0.0775. The fourth-order valence-electron chi connectivity index (χ4n) is 1.67. The van der Waals surface area contributed by atoms with Gasteiger partial charge in [-0.25, -0.2) is 8.42 Å². The van der Waals surface area contributed by atoms with Crippen molar-refractivity contribution in [1.82, 2.24) is 5.32 Å². The van der Waals surface area contributed by atoms with E-state index >= 15 is 0 Å². The van der Waals surface area contributed by atoms with Crippen LogP contribution in [0, 0.1) is 0 Å². The van der Waals surface area contributed by atoms with Crippen LogP contribution in [-0.2, 0) is 9.84 Å². The Hall–Kier alpha value is -0.130. The molecule has 5 heteroatoms. The summed E-state index contributed by atoms with van der Waals surface area (Å²) < 4.78 is 22.5. The lowest BCUT2D eigenvalue weighted by Crippen LogP contribution is -2.49. The molecule has 0 bridgehead atoms. The summed E-state index contributed by atoms with van der Waals surface area (Å²) in [4.78, 5) is 0. The van der Waals surface area contributed by atoms with E-state index in [1.165, 1.54) is 0 Å². The molecule has 0 aromatic carbocycles. The van der Waals surface area contributed by atoms with Crippen molar-refractivity contribution < 1.29 is 13.5 Å². The Labute approximate surface area is 85.6 Å². The van der Waals surface area contributed by atoms with Crippen LogP contribution in [0.2, 0.25) is 0 Å². The molecule has 14 heavy (non-hydrogen) atoms. The van der Waals surface area contributed by atoms with Crippen molar-refractivity contribution in [2.24, 2.45) is 0 Å². The highest BCUT2D eigenvalue weighted by Gasteiger charge is 2.28. The summed E-state index contributed by atoms with van der Waals surface area (Å²) >= 11 is 0. The van der Waals surface area contributed by atoms with Crippen LogP contribution in [0.5, 0.6) is 0 Å². The minimum absolute atomic E-state index is 0.0163. The van der Waals surface area contributed by atoms with E-state index in [1.807, 2.05) is 6.92 Å². The highest BCUT2D eigenvalue weighted by atomic mass is 32.2. The highest BCUT2D eigenvalue weighted by Crippen LogP contribution is 2.19. The second-order valence-corrected chi connectivity index (χ2v) is 6.49. The first kappa shape index (κ1) is 11.9. The normalized spacial score (nSPS) is 29.6. The third-order valence-electron chi connectivity index (χ3n) is 2.58. The average Bonchev–Trinajstić information content (AvgIpc) is 2.00. The number of nitrogens with one attached hydrogen (secondary N) is 1. The largest absolute Gasteiger partial charge is 0.393 e. The standard InChI is InChI=1S/C9H19NO3S/c1-3-14(12,13)6-7(2)10-8-4-9(11)5-8/h7-11H,3-6H2,1-2H3. The Balaban J connectivity index is 2.26. The second kappa shape index (κ2) is 4.59. The third kappa shape index (κ3) is 3.55. The van der Waals surface area contributed by atoms with Crippen molar-refractivity contribution in [1.29, 1.82) is 0 Å². The van der Waals surface area contributed by atoms with Crippen LogP contribution in [0.3, 0.4) is 0 Å². The summed E-state index contributed by atoms with van der Waals surface area (Å²) in [7, 11) is -2.89. The molecule has 1 rings (SSSR count). The van der Waals surface area contributed by atoms with Crippen molar-refractivity contribution in [2.45, 2.75) is 44.9 Å². The lowest BCUT2D eigenvalue weighted by molar-refractivity contribution is 0.0596. The summed E-state index contributed by atoms with van der Waals surface area (Å²) in [5.74, 6) is 0.391. The second-order valence-electron chi connectivity index (χ2n) is 4.09. The van der Waals surface area contributed by atoms with Crippen molar-refractivity contribution in [2.75, 3.05) is 11.5 Å². The van der Waals surface area contributed by atoms with E-state index in [0.29, 0.717) is 6.04 Å². The summed E-state index contributed by atoms with van der Waals surface area (Å²) in [5, 5.41) is 12.2. The molecule has 1 atom stereocenters. The topological polar surface area (TPSA) is 66.4 Å². The van der Waals surface area contributed by atoms with Gasteiger partial charge in [0.2, 0.25) is 0 Å². The monoisotopic (exact) mass is 221 g/mol.